The molecule has 0 spiro atoms. The van der Waals surface area contributed by atoms with Crippen LogP contribution in [0.1, 0.15) is 25.0 Å². The maximum Gasteiger partial charge on any atom is 0.408 e. The van der Waals surface area contributed by atoms with E-state index in [1.165, 1.54) is 0 Å². The zero-order chi connectivity index (χ0) is 22.1. The number of aliphatic carboxylic acids is 1. The molecule has 0 saturated heterocycles. The first-order chi connectivity index (χ1) is 14.3. The molecule has 7 nitrogen and oxygen atoms in total. The SMILES string of the molecule is CC(C)[C@@H](NC(=O)OCc1ccccc1)C(=O)N[C@@H](Cc1ccc(Br)cc1)C(=O)O. The highest BCUT2D eigenvalue weighted by molar-refractivity contribution is 9.10. The van der Waals surface area contributed by atoms with Crippen molar-refractivity contribution in [1.29, 1.82) is 0 Å². The van der Waals surface area contributed by atoms with Crippen LogP contribution in [-0.2, 0) is 27.4 Å². The zero-order valence-corrected chi connectivity index (χ0v) is 18.4. The Morgan fingerprint density at radius 1 is 0.967 bits per heavy atom. The third kappa shape index (κ3) is 7.51. The minimum atomic E-state index is -1.15. The summed E-state index contributed by atoms with van der Waals surface area (Å²) in [6.07, 6.45) is -0.620. The maximum absolute atomic E-state index is 12.7. The Bertz CT molecular complexity index is 856. The Kier molecular flexibility index (Phi) is 8.86. The monoisotopic (exact) mass is 476 g/mol. The van der Waals surface area contributed by atoms with Gasteiger partial charge in [0, 0.05) is 10.9 Å². The molecule has 0 aromatic heterocycles. The summed E-state index contributed by atoms with van der Waals surface area (Å²) in [5.41, 5.74) is 1.58. The molecule has 2 rings (SSSR count). The molecule has 160 valence electrons. The van der Waals surface area contributed by atoms with Crippen LogP contribution >= 0.6 is 15.9 Å². The number of alkyl carbamates (subject to hydrolysis) is 1. The van der Waals surface area contributed by atoms with Crippen LogP contribution in [0.5, 0.6) is 0 Å². The van der Waals surface area contributed by atoms with E-state index in [0.29, 0.717) is 0 Å². The second-order valence-electron chi connectivity index (χ2n) is 7.16. The summed E-state index contributed by atoms with van der Waals surface area (Å²) >= 11 is 3.33. The van der Waals surface area contributed by atoms with Crippen LogP contribution in [-0.4, -0.2) is 35.2 Å². The first kappa shape index (κ1) is 23.4. The van der Waals surface area contributed by atoms with Crippen LogP contribution in [0.2, 0.25) is 0 Å². The van der Waals surface area contributed by atoms with Crippen LogP contribution < -0.4 is 10.6 Å². The topological polar surface area (TPSA) is 105 Å². The zero-order valence-electron chi connectivity index (χ0n) is 16.8. The number of hydrogen-bond donors (Lipinski definition) is 3. The average Bonchev–Trinajstić information content (AvgIpc) is 2.71. The van der Waals surface area contributed by atoms with Gasteiger partial charge in [0.25, 0.3) is 0 Å². The number of carbonyl (C=O) groups is 3. The molecule has 30 heavy (non-hydrogen) atoms. The van der Waals surface area contributed by atoms with Gasteiger partial charge in [0.05, 0.1) is 0 Å². The van der Waals surface area contributed by atoms with Gasteiger partial charge in [0.1, 0.15) is 18.7 Å². The minimum Gasteiger partial charge on any atom is -0.480 e. The van der Waals surface area contributed by atoms with E-state index >= 15 is 0 Å². The van der Waals surface area contributed by atoms with Gasteiger partial charge in [-0.25, -0.2) is 9.59 Å². The van der Waals surface area contributed by atoms with Crippen molar-refractivity contribution in [2.75, 3.05) is 0 Å². The third-order valence-electron chi connectivity index (χ3n) is 4.40. The second kappa shape index (κ2) is 11.3. The van der Waals surface area contributed by atoms with E-state index in [-0.39, 0.29) is 18.9 Å². The molecule has 2 atom stereocenters. The molecule has 0 radical (unpaired) electrons. The lowest BCUT2D eigenvalue weighted by molar-refractivity contribution is -0.142. The van der Waals surface area contributed by atoms with Gasteiger partial charge in [-0.3, -0.25) is 4.79 Å². The molecule has 2 aromatic rings. The fourth-order valence-corrected chi connectivity index (χ4v) is 3.01. The van der Waals surface area contributed by atoms with Gasteiger partial charge in [-0.1, -0.05) is 72.2 Å². The Labute approximate surface area is 183 Å². The molecule has 8 heteroatoms. The lowest BCUT2D eigenvalue weighted by Gasteiger charge is -2.24. The van der Waals surface area contributed by atoms with Crippen molar-refractivity contribution < 1.29 is 24.2 Å². The number of amides is 2. The number of carbonyl (C=O) groups excluding carboxylic acids is 2. The van der Waals surface area contributed by atoms with Crippen LogP contribution in [0.25, 0.3) is 0 Å². The molecule has 0 aliphatic heterocycles. The number of carboxylic acids is 1. The predicted molar refractivity (Wildman–Crippen MR) is 116 cm³/mol. The van der Waals surface area contributed by atoms with Crippen molar-refractivity contribution in [1.82, 2.24) is 10.6 Å². The molecule has 0 fully saturated rings. The summed E-state index contributed by atoms with van der Waals surface area (Å²) in [6.45, 7) is 3.58. The van der Waals surface area contributed by atoms with Gasteiger partial charge in [-0.15, -0.1) is 0 Å². The van der Waals surface area contributed by atoms with E-state index in [4.69, 9.17) is 4.74 Å². The number of nitrogens with one attached hydrogen (secondary N) is 2. The van der Waals surface area contributed by atoms with Crippen LogP contribution in [0.15, 0.2) is 59.1 Å². The fraction of sp³-hybridized carbons (Fsp3) is 0.318. The summed E-state index contributed by atoms with van der Waals surface area (Å²) in [7, 11) is 0. The highest BCUT2D eigenvalue weighted by Crippen LogP contribution is 2.13. The Balaban J connectivity index is 1.97. The van der Waals surface area contributed by atoms with Crippen LogP contribution in [0.4, 0.5) is 4.79 Å². The number of halogens is 1. The molecule has 0 saturated carbocycles. The predicted octanol–water partition coefficient (Wildman–Crippen LogP) is 3.51. The molecule has 3 N–H and O–H groups in total. The molecule has 2 amide bonds. The van der Waals surface area contributed by atoms with E-state index in [1.54, 1.807) is 38.1 Å². The second-order valence-corrected chi connectivity index (χ2v) is 8.07. The Morgan fingerprint density at radius 3 is 2.17 bits per heavy atom. The van der Waals surface area contributed by atoms with Crippen molar-refractivity contribution in [3.63, 3.8) is 0 Å². The Hall–Kier alpha value is -2.87. The molecule has 0 unspecified atom stereocenters. The normalized spacial score (nSPS) is 12.7. The summed E-state index contributed by atoms with van der Waals surface area (Å²) in [5, 5.41) is 14.6. The van der Waals surface area contributed by atoms with Gasteiger partial charge in [-0.05, 0) is 29.2 Å². The number of carboxylic acid groups (broad SMARTS) is 1. The van der Waals surface area contributed by atoms with E-state index in [9.17, 15) is 19.5 Å². The molecule has 0 bridgehead atoms. The first-order valence-electron chi connectivity index (χ1n) is 9.51. The summed E-state index contributed by atoms with van der Waals surface area (Å²) in [6, 6.07) is 14.3. The summed E-state index contributed by atoms with van der Waals surface area (Å²) in [5.74, 6) is -2.00. The fourth-order valence-electron chi connectivity index (χ4n) is 2.74. The van der Waals surface area contributed by atoms with Crippen LogP contribution in [0, 0.1) is 5.92 Å². The molecular formula is C22H25BrN2O5. The van der Waals surface area contributed by atoms with Crippen molar-refractivity contribution in [2.24, 2.45) is 5.92 Å². The van der Waals surface area contributed by atoms with Gasteiger partial charge in [-0.2, -0.15) is 0 Å². The standard InChI is InChI=1S/C22H25BrN2O5/c1-14(2)19(25-22(29)30-13-16-6-4-3-5-7-16)20(26)24-18(21(27)28)12-15-8-10-17(23)11-9-15/h3-11,14,18-19H,12-13H2,1-2H3,(H,24,26)(H,25,29)(H,27,28)/t18-,19+/m0/s1. The number of hydrogen-bond acceptors (Lipinski definition) is 4. The van der Waals surface area contributed by atoms with E-state index in [1.807, 2.05) is 30.3 Å². The lowest BCUT2D eigenvalue weighted by Crippen LogP contribution is -2.54. The molecule has 0 heterocycles. The average molecular weight is 477 g/mol. The van der Waals surface area contributed by atoms with Crippen molar-refractivity contribution in [3.05, 3.63) is 70.2 Å². The molecular weight excluding hydrogens is 452 g/mol. The molecule has 2 aromatic carbocycles. The third-order valence-corrected chi connectivity index (χ3v) is 4.93. The first-order valence-corrected chi connectivity index (χ1v) is 10.3. The highest BCUT2D eigenvalue weighted by atomic mass is 79.9. The van der Waals surface area contributed by atoms with Gasteiger partial charge in [0.15, 0.2) is 0 Å². The number of ether oxygens (including phenoxy) is 1. The summed E-state index contributed by atoms with van der Waals surface area (Å²) < 4.78 is 6.04. The van der Waals surface area contributed by atoms with Crippen molar-refractivity contribution >= 4 is 33.9 Å². The van der Waals surface area contributed by atoms with Gasteiger partial charge in [0.2, 0.25) is 5.91 Å². The smallest absolute Gasteiger partial charge is 0.408 e. The summed E-state index contributed by atoms with van der Waals surface area (Å²) in [4.78, 5) is 36.5. The van der Waals surface area contributed by atoms with Gasteiger partial charge >= 0.3 is 12.1 Å². The largest absolute Gasteiger partial charge is 0.480 e. The van der Waals surface area contributed by atoms with Gasteiger partial charge < -0.3 is 20.5 Å². The number of benzene rings is 2. The lowest BCUT2D eigenvalue weighted by atomic mass is 10.0. The van der Waals surface area contributed by atoms with Crippen LogP contribution in [0.3, 0.4) is 0 Å². The van der Waals surface area contributed by atoms with E-state index in [2.05, 4.69) is 26.6 Å². The van der Waals surface area contributed by atoms with E-state index in [0.717, 1.165) is 15.6 Å². The highest BCUT2D eigenvalue weighted by Gasteiger charge is 2.29. The molecule has 0 aliphatic rings. The number of rotatable bonds is 9. The van der Waals surface area contributed by atoms with E-state index < -0.39 is 30.1 Å². The minimum absolute atomic E-state index is 0.0699. The molecule has 0 aliphatic carbocycles. The van der Waals surface area contributed by atoms with Crippen molar-refractivity contribution in [3.8, 4) is 0 Å². The Morgan fingerprint density at radius 2 is 1.60 bits per heavy atom. The quantitative estimate of drug-likeness (QED) is 0.513. The van der Waals surface area contributed by atoms with Crippen molar-refractivity contribution in [2.45, 2.75) is 39.0 Å². The maximum atomic E-state index is 12.7.